The van der Waals surface area contributed by atoms with Crippen molar-refractivity contribution in [1.82, 2.24) is 0 Å². The fourth-order valence-electron chi connectivity index (χ4n) is 3.44. The second-order valence-corrected chi connectivity index (χ2v) is 7.29. The van der Waals surface area contributed by atoms with E-state index < -0.39 is 0 Å². The summed E-state index contributed by atoms with van der Waals surface area (Å²) in [5.41, 5.74) is 10.2. The van der Waals surface area contributed by atoms with Gasteiger partial charge in [-0.1, -0.05) is 62.4 Å². The minimum atomic E-state index is -0.119. The van der Waals surface area contributed by atoms with Crippen molar-refractivity contribution in [2.75, 3.05) is 5.32 Å². The number of nitrogens with one attached hydrogen (secondary N) is 1. The Balaban J connectivity index is 1.92. The third-order valence-corrected chi connectivity index (χ3v) is 5.64. The van der Waals surface area contributed by atoms with Crippen molar-refractivity contribution >= 4 is 5.69 Å². The van der Waals surface area contributed by atoms with E-state index in [9.17, 15) is 0 Å². The smallest absolute Gasteiger partial charge is 0.0422 e. The Morgan fingerprint density at radius 3 is 2.23 bits per heavy atom. The van der Waals surface area contributed by atoms with Crippen LogP contribution < -0.4 is 11.1 Å². The second kappa shape index (κ2) is 5.44. The van der Waals surface area contributed by atoms with Crippen molar-refractivity contribution in [2.24, 2.45) is 11.1 Å². The first-order valence-electron chi connectivity index (χ1n) is 8.12. The van der Waals surface area contributed by atoms with Crippen LogP contribution in [0, 0.1) is 5.41 Å². The maximum absolute atomic E-state index is 6.51. The Labute approximate surface area is 133 Å². The van der Waals surface area contributed by atoms with Gasteiger partial charge in [-0.05, 0) is 31.4 Å². The molecule has 1 saturated carbocycles. The first-order chi connectivity index (χ1) is 10.4. The van der Waals surface area contributed by atoms with Crippen LogP contribution in [0.4, 0.5) is 5.69 Å². The molecular formula is C20H26N2. The maximum Gasteiger partial charge on any atom is 0.0422 e. The van der Waals surface area contributed by atoms with Gasteiger partial charge in [0, 0.05) is 28.2 Å². The van der Waals surface area contributed by atoms with Crippen LogP contribution in [0.5, 0.6) is 0 Å². The number of para-hydroxylation sites is 1. The fraction of sp³-hybridized carbons (Fsp3) is 0.400. The van der Waals surface area contributed by atoms with Gasteiger partial charge in [0.2, 0.25) is 0 Å². The minimum absolute atomic E-state index is 0.0663. The quantitative estimate of drug-likeness (QED) is 0.863. The number of hydrogen-bond acceptors (Lipinski definition) is 2. The molecule has 1 aliphatic rings. The monoisotopic (exact) mass is 294 g/mol. The van der Waals surface area contributed by atoms with Gasteiger partial charge in [-0.2, -0.15) is 0 Å². The van der Waals surface area contributed by atoms with Crippen LogP contribution in [-0.4, -0.2) is 11.6 Å². The summed E-state index contributed by atoms with van der Waals surface area (Å²) in [6.45, 7) is 6.74. The summed E-state index contributed by atoms with van der Waals surface area (Å²) < 4.78 is 0. The van der Waals surface area contributed by atoms with E-state index in [4.69, 9.17) is 5.73 Å². The van der Waals surface area contributed by atoms with Gasteiger partial charge in [0.25, 0.3) is 0 Å². The van der Waals surface area contributed by atoms with Crippen molar-refractivity contribution in [1.29, 1.82) is 0 Å². The van der Waals surface area contributed by atoms with Gasteiger partial charge in [-0.15, -0.1) is 0 Å². The van der Waals surface area contributed by atoms with Crippen LogP contribution in [0.1, 0.15) is 33.6 Å². The Morgan fingerprint density at radius 2 is 1.59 bits per heavy atom. The molecule has 0 unspecified atom stereocenters. The molecule has 2 atom stereocenters. The average Bonchev–Trinajstić information content (AvgIpc) is 2.71. The van der Waals surface area contributed by atoms with E-state index in [0.29, 0.717) is 6.04 Å². The van der Waals surface area contributed by atoms with E-state index >= 15 is 0 Å². The first kappa shape index (κ1) is 15.1. The molecule has 3 rings (SSSR count). The van der Waals surface area contributed by atoms with E-state index in [1.54, 1.807) is 0 Å². The predicted octanol–water partition coefficient (Wildman–Crippen LogP) is 4.67. The molecule has 3 N–H and O–H groups in total. The van der Waals surface area contributed by atoms with Gasteiger partial charge >= 0.3 is 0 Å². The number of rotatable bonds is 3. The lowest BCUT2D eigenvalue weighted by molar-refractivity contribution is 0.215. The van der Waals surface area contributed by atoms with Crippen molar-refractivity contribution in [3.8, 4) is 11.1 Å². The molecule has 0 aliphatic heterocycles. The number of nitrogens with two attached hydrogens (primary N) is 1. The largest absolute Gasteiger partial charge is 0.381 e. The molecule has 2 heteroatoms. The third kappa shape index (κ3) is 2.52. The standard InChI is InChI=1S/C20H26N2/c1-19(2)18(13-14-20(19,3)21)22-17-12-8-7-11-16(17)15-9-5-4-6-10-15/h4-12,18,22H,13-14,21H2,1-3H3/t18-,20+/m0/s1. The zero-order chi connectivity index (χ0) is 15.8. The molecule has 116 valence electrons. The summed E-state index contributed by atoms with van der Waals surface area (Å²) in [7, 11) is 0. The lowest BCUT2D eigenvalue weighted by atomic mass is 9.74. The van der Waals surface area contributed by atoms with Gasteiger partial charge in [0.15, 0.2) is 0 Å². The fourth-order valence-corrected chi connectivity index (χ4v) is 3.44. The normalized spacial score (nSPS) is 26.8. The minimum Gasteiger partial charge on any atom is -0.381 e. The summed E-state index contributed by atoms with van der Waals surface area (Å²) in [5.74, 6) is 0. The molecule has 1 aliphatic carbocycles. The van der Waals surface area contributed by atoms with Crippen LogP contribution in [0.15, 0.2) is 54.6 Å². The summed E-state index contributed by atoms with van der Waals surface area (Å²) in [6, 6.07) is 19.5. The van der Waals surface area contributed by atoms with E-state index in [-0.39, 0.29) is 11.0 Å². The molecule has 0 heterocycles. The van der Waals surface area contributed by atoms with Crippen molar-refractivity contribution < 1.29 is 0 Å². The SMILES string of the molecule is CC1(C)[C@@H](Nc2ccccc2-c2ccccc2)CC[C@@]1(C)N. The molecule has 2 aromatic rings. The molecular weight excluding hydrogens is 268 g/mol. The van der Waals surface area contributed by atoms with Gasteiger partial charge in [-0.25, -0.2) is 0 Å². The topological polar surface area (TPSA) is 38.0 Å². The lowest BCUT2D eigenvalue weighted by Gasteiger charge is -2.39. The first-order valence-corrected chi connectivity index (χ1v) is 8.12. The molecule has 2 aromatic carbocycles. The molecule has 0 radical (unpaired) electrons. The van der Waals surface area contributed by atoms with Gasteiger partial charge < -0.3 is 11.1 Å². The summed E-state index contributed by atoms with van der Waals surface area (Å²) >= 11 is 0. The molecule has 1 fully saturated rings. The highest BCUT2D eigenvalue weighted by Gasteiger charge is 2.49. The number of benzene rings is 2. The van der Waals surface area contributed by atoms with Crippen LogP contribution in [-0.2, 0) is 0 Å². The second-order valence-electron chi connectivity index (χ2n) is 7.29. The van der Waals surface area contributed by atoms with Crippen LogP contribution in [0.3, 0.4) is 0 Å². The van der Waals surface area contributed by atoms with E-state index in [1.807, 2.05) is 0 Å². The molecule has 2 nitrogen and oxygen atoms in total. The molecule has 0 spiro atoms. The van der Waals surface area contributed by atoms with Crippen LogP contribution in [0.25, 0.3) is 11.1 Å². The van der Waals surface area contributed by atoms with Crippen molar-refractivity contribution in [3.05, 3.63) is 54.6 Å². The highest BCUT2D eigenvalue weighted by Crippen LogP contribution is 2.46. The van der Waals surface area contributed by atoms with Crippen LogP contribution in [0.2, 0.25) is 0 Å². The number of anilines is 1. The summed E-state index contributed by atoms with van der Waals surface area (Å²) in [6.07, 6.45) is 2.17. The number of hydrogen-bond donors (Lipinski definition) is 2. The van der Waals surface area contributed by atoms with E-state index in [2.05, 4.69) is 80.7 Å². The highest BCUT2D eigenvalue weighted by molar-refractivity contribution is 5.78. The predicted molar refractivity (Wildman–Crippen MR) is 94.9 cm³/mol. The molecule has 0 amide bonds. The lowest BCUT2D eigenvalue weighted by Crippen LogP contribution is -2.51. The van der Waals surface area contributed by atoms with Gasteiger partial charge in [0.1, 0.15) is 0 Å². The molecule has 22 heavy (non-hydrogen) atoms. The Hall–Kier alpha value is -1.80. The Morgan fingerprint density at radius 1 is 0.955 bits per heavy atom. The zero-order valence-corrected chi connectivity index (χ0v) is 13.8. The van der Waals surface area contributed by atoms with Crippen LogP contribution >= 0.6 is 0 Å². The Kier molecular flexibility index (Phi) is 3.73. The van der Waals surface area contributed by atoms with Gasteiger partial charge in [0.05, 0.1) is 0 Å². The van der Waals surface area contributed by atoms with Gasteiger partial charge in [-0.3, -0.25) is 0 Å². The van der Waals surface area contributed by atoms with Crippen molar-refractivity contribution in [3.63, 3.8) is 0 Å². The maximum atomic E-state index is 6.51. The van der Waals surface area contributed by atoms with E-state index in [1.165, 1.54) is 16.8 Å². The van der Waals surface area contributed by atoms with Crippen molar-refractivity contribution in [2.45, 2.75) is 45.2 Å². The highest BCUT2D eigenvalue weighted by atomic mass is 15.0. The summed E-state index contributed by atoms with van der Waals surface area (Å²) in [5, 5.41) is 3.77. The zero-order valence-electron chi connectivity index (χ0n) is 13.8. The average molecular weight is 294 g/mol. The molecule has 0 bridgehead atoms. The van der Waals surface area contributed by atoms with E-state index in [0.717, 1.165) is 12.8 Å². The third-order valence-electron chi connectivity index (χ3n) is 5.64. The summed E-state index contributed by atoms with van der Waals surface area (Å²) in [4.78, 5) is 0. The Bertz CT molecular complexity index is 644. The molecule has 0 saturated heterocycles. The molecule has 0 aromatic heterocycles.